The van der Waals surface area contributed by atoms with Crippen molar-refractivity contribution in [2.24, 2.45) is 10.9 Å². The monoisotopic (exact) mass is 387 g/mol. The number of alkyl halides is 3. The average molecular weight is 387 g/mol. The van der Waals surface area contributed by atoms with E-state index in [2.05, 4.69) is 4.99 Å². The van der Waals surface area contributed by atoms with E-state index in [0.717, 1.165) is 6.07 Å². The number of fused-ring (bicyclic) bond motifs is 1. The summed E-state index contributed by atoms with van der Waals surface area (Å²) in [5.74, 6) is -3.83. The molecule has 0 radical (unpaired) electrons. The van der Waals surface area contributed by atoms with E-state index in [0.29, 0.717) is 30.0 Å². The number of rotatable bonds is 1. The number of aliphatic imine (C=N–C) groups is 1. The number of Topliss-reactive ketones (excluding diaryl/α,β-unsaturated/α-hetero) is 1. The molecule has 4 nitrogen and oxygen atoms in total. The summed E-state index contributed by atoms with van der Waals surface area (Å²) in [4.78, 5) is 16.6. The van der Waals surface area contributed by atoms with E-state index in [4.69, 9.17) is 0 Å². The number of benzene rings is 1. The van der Waals surface area contributed by atoms with Gasteiger partial charge >= 0.3 is 6.18 Å². The van der Waals surface area contributed by atoms with Gasteiger partial charge in [-0.05, 0) is 24.1 Å². The van der Waals surface area contributed by atoms with Crippen LogP contribution in [0.2, 0.25) is 0 Å². The third-order valence-corrected chi connectivity index (χ3v) is 7.01. The van der Waals surface area contributed by atoms with E-state index in [1.165, 1.54) is 0 Å². The van der Waals surface area contributed by atoms with Crippen molar-refractivity contribution in [2.75, 3.05) is 5.75 Å². The first-order valence-electron chi connectivity index (χ1n) is 8.02. The Balaban J connectivity index is 1.94. The molecule has 0 saturated heterocycles. The van der Waals surface area contributed by atoms with Crippen molar-refractivity contribution in [2.45, 2.75) is 31.4 Å². The second-order valence-corrected chi connectivity index (χ2v) is 8.72. The fourth-order valence-corrected chi connectivity index (χ4v) is 5.85. The van der Waals surface area contributed by atoms with E-state index in [1.807, 2.05) is 0 Å². The van der Waals surface area contributed by atoms with Crippen LogP contribution in [0.4, 0.5) is 17.6 Å². The molecule has 0 amide bonds. The second kappa shape index (κ2) is 5.48. The molecule has 0 aromatic heterocycles. The van der Waals surface area contributed by atoms with Gasteiger partial charge in [0.2, 0.25) is 0 Å². The van der Waals surface area contributed by atoms with Gasteiger partial charge in [-0.1, -0.05) is 6.07 Å². The second-order valence-electron chi connectivity index (χ2n) is 6.64. The van der Waals surface area contributed by atoms with E-state index in [-0.39, 0.29) is 34.8 Å². The lowest BCUT2D eigenvalue weighted by atomic mass is 9.80. The molecular formula is C17H13F4NO3S. The lowest BCUT2D eigenvalue weighted by Crippen LogP contribution is -2.30. The molecule has 1 fully saturated rings. The number of carbonyl (C=O) groups is 1. The van der Waals surface area contributed by atoms with Gasteiger partial charge in [0.25, 0.3) is 0 Å². The van der Waals surface area contributed by atoms with Gasteiger partial charge in [-0.2, -0.15) is 13.2 Å². The predicted octanol–water partition coefficient (Wildman–Crippen LogP) is 3.39. The maximum absolute atomic E-state index is 13.7. The van der Waals surface area contributed by atoms with Gasteiger partial charge in [-0.25, -0.2) is 12.8 Å². The van der Waals surface area contributed by atoms with Crippen molar-refractivity contribution >= 4 is 21.3 Å². The standard InChI is InChI=1S/C17H13F4NO3S/c18-10-2-1-8(7-9(10)17(19,20)21)14-15-11(3-4-13(15)23)22-12-5-6-26(24,25)16(12)14/h1-2,7,14-15H,3-6H2. The molecule has 4 rings (SSSR count). The van der Waals surface area contributed by atoms with Crippen LogP contribution in [0.15, 0.2) is 33.8 Å². The summed E-state index contributed by atoms with van der Waals surface area (Å²) in [7, 11) is -3.72. The number of ketones is 1. The minimum absolute atomic E-state index is 0.0237. The molecule has 1 aromatic carbocycles. The van der Waals surface area contributed by atoms with Crippen LogP contribution in [0.5, 0.6) is 0 Å². The SMILES string of the molecule is O=C1CCC2=NC3=C(C(c4ccc(F)c(C(F)(F)F)c4)C12)S(=O)(=O)CC3. The number of hydrogen-bond donors (Lipinski definition) is 0. The van der Waals surface area contributed by atoms with E-state index in [1.54, 1.807) is 0 Å². The van der Waals surface area contributed by atoms with Crippen molar-refractivity contribution in [3.63, 3.8) is 0 Å². The number of halogens is 4. The van der Waals surface area contributed by atoms with E-state index < -0.39 is 39.2 Å². The molecule has 2 heterocycles. The molecule has 1 aliphatic carbocycles. The van der Waals surface area contributed by atoms with Crippen molar-refractivity contribution < 1.29 is 30.8 Å². The van der Waals surface area contributed by atoms with Crippen LogP contribution in [0.3, 0.4) is 0 Å². The molecular weight excluding hydrogens is 374 g/mol. The quantitative estimate of drug-likeness (QED) is 0.694. The van der Waals surface area contributed by atoms with Gasteiger partial charge in [0.15, 0.2) is 9.84 Å². The molecule has 0 bridgehead atoms. The molecule has 2 unspecified atom stereocenters. The van der Waals surface area contributed by atoms with Gasteiger partial charge in [0.05, 0.1) is 27.8 Å². The topological polar surface area (TPSA) is 63.6 Å². The zero-order chi connectivity index (χ0) is 18.9. The third kappa shape index (κ3) is 2.52. The van der Waals surface area contributed by atoms with Gasteiger partial charge in [0, 0.05) is 24.5 Å². The molecule has 26 heavy (non-hydrogen) atoms. The Morgan fingerprint density at radius 1 is 1.08 bits per heavy atom. The van der Waals surface area contributed by atoms with Crippen LogP contribution in [0.25, 0.3) is 0 Å². The molecule has 1 saturated carbocycles. The summed E-state index contributed by atoms with van der Waals surface area (Å²) >= 11 is 0. The van der Waals surface area contributed by atoms with E-state index in [9.17, 15) is 30.8 Å². The zero-order valence-corrected chi connectivity index (χ0v) is 14.1. The minimum Gasteiger partial charge on any atom is -0.299 e. The first kappa shape index (κ1) is 17.4. The van der Waals surface area contributed by atoms with Crippen molar-refractivity contribution in [3.8, 4) is 0 Å². The van der Waals surface area contributed by atoms with Crippen LogP contribution in [0.1, 0.15) is 36.3 Å². The summed E-state index contributed by atoms with van der Waals surface area (Å²) < 4.78 is 77.9. The molecule has 1 aromatic rings. The fourth-order valence-electron chi connectivity index (χ4n) is 4.00. The van der Waals surface area contributed by atoms with Crippen LogP contribution < -0.4 is 0 Å². The maximum atomic E-state index is 13.7. The summed E-state index contributed by atoms with van der Waals surface area (Å²) in [5, 5.41) is 0. The predicted molar refractivity (Wildman–Crippen MR) is 84.7 cm³/mol. The Bertz CT molecular complexity index is 992. The largest absolute Gasteiger partial charge is 0.419 e. The number of nitrogens with zero attached hydrogens (tertiary/aromatic N) is 1. The van der Waals surface area contributed by atoms with Crippen LogP contribution in [0, 0.1) is 11.7 Å². The van der Waals surface area contributed by atoms with Crippen LogP contribution >= 0.6 is 0 Å². The van der Waals surface area contributed by atoms with Crippen molar-refractivity contribution in [3.05, 3.63) is 45.7 Å². The van der Waals surface area contributed by atoms with Gasteiger partial charge < -0.3 is 0 Å². The minimum atomic E-state index is -4.92. The van der Waals surface area contributed by atoms with Gasteiger partial charge in [-0.3, -0.25) is 9.79 Å². The third-order valence-electron chi connectivity index (χ3n) is 5.11. The molecule has 0 N–H and O–H groups in total. The smallest absolute Gasteiger partial charge is 0.299 e. The number of hydrogen-bond acceptors (Lipinski definition) is 4. The highest BCUT2D eigenvalue weighted by Gasteiger charge is 2.49. The Morgan fingerprint density at radius 2 is 1.81 bits per heavy atom. The average Bonchev–Trinajstić information content (AvgIpc) is 3.06. The summed E-state index contributed by atoms with van der Waals surface area (Å²) in [6.07, 6.45) is -4.21. The zero-order valence-electron chi connectivity index (χ0n) is 13.3. The van der Waals surface area contributed by atoms with E-state index >= 15 is 0 Å². The summed E-state index contributed by atoms with van der Waals surface area (Å²) in [6.45, 7) is 0. The molecule has 9 heteroatoms. The fraction of sp³-hybridized carbons (Fsp3) is 0.412. The normalized spacial score (nSPS) is 27.4. The maximum Gasteiger partial charge on any atom is 0.419 e. The molecule has 2 atom stereocenters. The van der Waals surface area contributed by atoms with Gasteiger partial charge in [-0.15, -0.1) is 0 Å². The lowest BCUT2D eigenvalue weighted by Gasteiger charge is -2.29. The van der Waals surface area contributed by atoms with Crippen molar-refractivity contribution in [1.82, 2.24) is 0 Å². The van der Waals surface area contributed by atoms with Crippen molar-refractivity contribution in [1.29, 1.82) is 0 Å². The Morgan fingerprint density at radius 3 is 2.50 bits per heavy atom. The number of sulfone groups is 1. The molecule has 0 spiro atoms. The molecule has 138 valence electrons. The first-order valence-corrected chi connectivity index (χ1v) is 9.67. The van der Waals surface area contributed by atoms with Gasteiger partial charge in [0.1, 0.15) is 11.6 Å². The summed E-state index contributed by atoms with van der Waals surface area (Å²) in [6, 6.07) is 2.42. The van der Waals surface area contributed by atoms with Crippen LogP contribution in [-0.4, -0.2) is 25.7 Å². The molecule has 2 aliphatic heterocycles. The highest BCUT2D eigenvalue weighted by Crippen LogP contribution is 2.49. The molecule has 3 aliphatic rings. The Hall–Kier alpha value is -2.03. The highest BCUT2D eigenvalue weighted by atomic mass is 32.2. The van der Waals surface area contributed by atoms with Crippen LogP contribution in [-0.2, 0) is 20.8 Å². The summed E-state index contributed by atoms with van der Waals surface area (Å²) in [5.41, 5.74) is -0.672. The Kier molecular flexibility index (Phi) is 3.67. The number of carbonyl (C=O) groups excluding carboxylic acids is 1. The highest BCUT2D eigenvalue weighted by molar-refractivity contribution is 7.95. The number of allylic oxidation sites excluding steroid dienone is 2. The first-order chi connectivity index (χ1) is 12.1. The Labute approximate surface area is 146 Å². The lowest BCUT2D eigenvalue weighted by molar-refractivity contribution is -0.140.